The minimum atomic E-state index is -3.35. The van der Waals surface area contributed by atoms with Gasteiger partial charge in [0.2, 0.25) is 0 Å². The molecule has 33 heavy (non-hydrogen) atoms. The molecule has 1 aromatic heterocycles. The van der Waals surface area contributed by atoms with Crippen molar-refractivity contribution >= 4 is 48.4 Å². The van der Waals surface area contributed by atoms with Crippen LogP contribution in [0.2, 0.25) is 0 Å². The number of benzene rings is 2. The second-order valence-electron chi connectivity index (χ2n) is 7.45. The van der Waals surface area contributed by atoms with Crippen molar-refractivity contribution in [2.45, 2.75) is 18.7 Å². The lowest BCUT2D eigenvalue weighted by Crippen LogP contribution is -2.38. The average Bonchev–Trinajstić information content (AvgIpc) is 3.23. The molecule has 0 spiro atoms. The Labute approximate surface area is 197 Å². The summed E-state index contributed by atoms with van der Waals surface area (Å²) in [7, 11) is -2.05. The number of ether oxygens (including phenoxy) is 1. The van der Waals surface area contributed by atoms with Crippen LogP contribution in [0.25, 0.3) is 10.2 Å². The van der Waals surface area contributed by atoms with Crippen molar-refractivity contribution in [1.82, 2.24) is 9.88 Å². The molecule has 0 N–H and O–H groups in total. The molecule has 0 aliphatic heterocycles. The predicted octanol–water partition coefficient (Wildman–Crippen LogP) is 3.48. The molecule has 176 valence electrons. The molecule has 1 heterocycles. The number of amides is 1. The Kier molecular flexibility index (Phi) is 7.83. The summed E-state index contributed by atoms with van der Waals surface area (Å²) in [6, 6.07) is 11.1. The molecular formula is C23H27N3O5S2. The molecule has 3 rings (SSSR count). The number of likely N-dealkylation sites (N-methyl/N-ethyl adjacent to an activating group) is 1. The van der Waals surface area contributed by atoms with Crippen LogP contribution >= 0.6 is 11.3 Å². The fourth-order valence-electron chi connectivity index (χ4n) is 3.33. The third kappa shape index (κ3) is 5.76. The molecule has 10 heteroatoms. The lowest BCUT2D eigenvalue weighted by molar-refractivity contribution is 0.0600. The van der Waals surface area contributed by atoms with Gasteiger partial charge < -0.3 is 9.64 Å². The zero-order valence-corrected chi connectivity index (χ0v) is 20.7. The number of thiazole rings is 1. The summed E-state index contributed by atoms with van der Waals surface area (Å²) in [5.74, 6) is -0.721. The van der Waals surface area contributed by atoms with Crippen molar-refractivity contribution in [2.75, 3.05) is 44.4 Å². The smallest absolute Gasteiger partial charge is 0.337 e. The molecular weight excluding hydrogens is 462 g/mol. The van der Waals surface area contributed by atoms with Crippen molar-refractivity contribution in [3.05, 3.63) is 53.6 Å². The fourth-order valence-corrected chi connectivity index (χ4v) is 5.08. The maximum atomic E-state index is 13.5. The summed E-state index contributed by atoms with van der Waals surface area (Å²) in [6.45, 7) is 6.90. The summed E-state index contributed by atoms with van der Waals surface area (Å²) in [5, 5.41) is 0.491. The predicted molar refractivity (Wildman–Crippen MR) is 130 cm³/mol. The fraction of sp³-hybridized carbons (Fsp3) is 0.348. The van der Waals surface area contributed by atoms with E-state index in [9.17, 15) is 18.0 Å². The van der Waals surface area contributed by atoms with Crippen LogP contribution in [-0.4, -0.2) is 69.7 Å². The Morgan fingerprint density at radius 2 is 1.64 bits per heavy atom. The van der Waals surface area contributed by atoms with E-state index in [1.54, 1.807) is 41.3 Å². The number of carbonyl (C=O) groups excluding carboxylic acids is 2. The van der Waals surface area contributed by atoms with Crippen LogP contribution in [-0.2, 0) is 14.6 Å². The van der Waals surface area contributed by atoms with E-state index in [-0.39, 0.29) is 10.8 Å². The highest BCUT2D eigenvalue weighted by Gasteiger charge is 2.23. The molecule has 0 fully saturated rings. The zero-order chi connectivity index (χ0) is 24.2. The van der Waals surface area contributed by atoms with E-state index in [0.29, 0.717) is 39.6 Å². The van der Waals surface area contributed by atoms with Gasteiger partial charge in [-0.2, -0.15) is 0 Å². The number of fused-ring (bicyclic) bond motifs is 1. The van der Waals surface area contributed by atoms with Gasteiger partial charge in [0.1, 0.15) is 0 Å². The molecule has 0 bridgehead atoms. The first-order chi connectivity index (χ1) is 15.7. The molecule has 0 aliphatic rings. The van der Waals surface area contributed by atoms with Crippen molar-refractivity contribution in [2.24, 2.45) is 0 Å². The molecule has 0 atom stereocenters. The third-order valence-corrected chi connectivity index (χ3v) is 7.49. The van der Waals surface area contributed by atoms with Crippen LogP contribution in [0.5, 0.6) is 0 Å². The largest absolute Gasteiger partial charge is 0.465 e. The monoisotopic (exact) mass is 489 g/mol. The van der Waals surface area contributed by atoms with E-state index < -0.39 is 15.8 Å². The topological polar surface area (TPSA) is 96.9 Å². The van der Waals surface area contributed by atoms with Gasteiger partial charge in [-0.15, -0.1) is 0 Å². The maximum absolute atomic E-state index is 13.5. The number of esters is 1. The van der Waals surface area contributed by atoms with Crippen LogP contribution in [0.1, 0.15) is 34.6 Å². The summed E-state index contributed by atoms with van der Waals surface area (Å²) < 4.78 is 29.3. The molecule has 0 aliphatic carbocycles. The number of rotatable bonds is 9. The number of anilines is 1. The van der Waals surface area contributed by atoms with Crippen LogP contribution in [0, 0.1) is 0 Å². The SMILES string of the molecule is CCN(CC)CCN(C(=O)c1ccc(C(=O)OC)cc1)c1nc2ccc(S(C)(=O)=O)cc2s1. The molecule has 8 nitrogen and oxygen atoms in total. The Morgan fingerprint density at radius 3 is 2.21 bits per heavy atom. The van der Waals surface area contributed by atoms with Gasteiger partial charge in [0, 0.05) is 24.9 Å². The van der Waals surface area contributed by atoms with Gasteiger partial charge in [-0.25, -0.2) is 18.2 Å². The summed E-state index contributed by atoms with van der Waals surface area (Å²) in [5.41, 5.74) is 1.40. The number of methoxy groups -OCH3 is 1. The van der Waals surface area contributed by atoms with Crippen LogP contribution < -0.4 is 4.90 Å². The van der Waals surface area contributed by atoms with Crippen molar-refractivity contribution in [3.8, 4) is 0 Å². The molecule has 0 unspecified atom stereocenters. The number of hydrogen-bond acceptors (Lipinski definition) is 8. The van der Waals surface area contributed by atoms with Gasteiger partial charge in [0.15, 0.2) is 15.0 Å². The van der Waals surface area contributed by atoms with E-state index in [2.05, 4.69) is 23.7 Å². The third-order valence-electron chi connectivity index (χ3n) is 5.34. The minimum Gasteiger partial charge on any atom is -0.465 e. The Bertz CT molecular complexity index is 1250. The zero-order valence-electron chi connectivity index (χ0n) is 19.1. The van der Waals surface area contributed by atoms with E-state index in [1.165, 1.54) is 24.5 Å². The summed E-state index contributed by atoms with van der Waals surface area (Å²) >= 11 is 1.27. The normalized spacial score (nSPS) is 11.7. The second kappa shape index (κ2) is 10.4. The summed E-state index contributed by atoms with van der Waals surface area (Å²) in [4.78, 5) is 33.8. The molecule has 3 aromatic rings. The average molecular weight is 490 g/mol. The maximum Gasteiger partial charge on any atom is 0.337 e. The Morgan fingerprint density at radius 1 is 1.00 bits per heavy atom. The number of carbonyl (C=O) groups is 2. The van der Waals surface area contributed by atoms with Gasteiger partial charge in [-0.05, 0) is 55.6 Å². The van der Waals surface area contributed by atoms with E-state index >= 15 is 0 Å². The quantitative estimate of drug-likeness (QED) is 0.425. The van der Waals surface area contributed by atoms with Crippen LogP contribution in [0.4, 0.5) is 5.13 Å². The van der Waals surface area contributed by atoms with Gasteiger partial charge in [0.25, 0.3) is 5.91 Å². The Hall–Kier alpha value is -2.82. The van der Waals surface area contributed by atoms with Gasteiger partial charge in [0.05, 0.1) is 27.8 Å². The number of aromatic nitrogens is 1. The van der Waals surface area contributed by atoms with Gasteiger partial charge >= 0.3 is 5.97 Å². The highest BCUT2D eigenvalue weighted by molar-refractivity contribution is 7.90. The van der Waals surface area contributed by atoms with E-state index in [4.69, 9.17) is 4.74 Å². The number of hydrogen-bond donors (Lipinski definition) is 0. The molecule has 0 radical (unpaired) electrons. The molecule has 2 aromatic carbocycles. The first kappa shape index (κ1) is 24.8. The van der Waals surface area contributed by atoms with Crippen molar-refractivity contribution < 1.29 is 22.7 Å². The molecule has 0 saturated carbocycles. The lowest BCUT2D eigenvalue weighted by atomic mass is 10.1. The first-order valence-electron chi connectivity index (χ1n) is 10.5. The van der Waals surface area contributed by atoms with Crippen LogP contribution in [0.3, 0.4) is 0 Å². The van der Waals surface area contributed by atoms with E-state index in [1.807, 2.05) is 0 Å². The minimum absolute atomic E-state index is 0.213. The van der Waals surface area contributed by atoms with Crippen molar-refractivity contribution in [1.29, 1.82) is 0 Å². The standard InChI is InChI=1S/C23H27N3O5S2/c1-5-25(6-2)13-14-26(21(27)16-7-9-17(10-8-16)22(28)31-3)23-24-19-12-11-18(33(4,29)30)15-20(19)32-23/h7-12,15H,5-6,13-14H2,1-4H3. The van der Waals surface area contributed by atoms with Gasteiger partial charge in [-0.1, -0.05) is 25.2 Å². The Balaban J connectivity index is 1.98. The number of nitrogens with zero attached hydrogens (tertiary/aromatic N) is 3. The van der Waals surface area contributed by atoms with Crippen LogP contribution in [0.15, 0.2) is 47.4 Å². The summed E-state index contributed by atoms with van der Waals surface area (Å²) in [6.07, 6.45) is 1.16. The van der Waals surface area contributed by atoms with Crippen molar-refractivity contribution in [3.63, 3.8) is 0 Å². The lowest BCUT2D eigenvalue weighted by Gasteiger charge is -2.24. The van der Waals surface area contributed by atoms with E-state index in [0.717, 1.165) is 19.3 Å². The highest BCUT2D eigenvalue weighted by Crippen LogP contribution is 2.31. The molecule has 1 amide bonds. The number of sulfone groups is 1. The second-order valence-corrected chi connectivity index (χ2v) is 10.5. The van der Waals surface area contributed by atoms with Gasteiger partial charge in [-0.3, -0.25) is 9.69 Å². The molecule has 0 saturated heterocycles. The highest BCUT2D eigenvalue weighted by atomic mass is 32.2. The first-order valence-corrected chi connectivity index (χ1v) is 13.2.